The average Bonchev–Trinajstić information content (AvgIpc) is 2.78. The second kappa shape index (κ2) is 11.1. The van der Waals surface area contributed by atoms with Crippen molar-refractivity contribution in [2.24, 2.45) is 0 Å². The SMILES string of the molecule is N#CC(=Cc1cc(Cl)ccc1OCC(=O)Nc1ccccc1F)C(=O)Nc1cccc(Cl)c1. The van der Waals surface area contributed by atoms with Crippen molar-refractivity contribution in [3.05, 3.63) is 93.7 Å². The van der Waals surface area contributed by atoms with Crippen molar-refractivity contribution < 1.29 is 18.7 Å². The van der Waals surface area contributed by atoms with Crippen LogP contribution in [0.2, 0.25) is 10.0 Å². The van der Waals surface area contributed by atoms with Gasteiger partial charge in [0.2, 0.25) is 0 Å². The minimum absolute atomic E-state index is 0.0202. The second-order valence-corrected chi connectivity index (χ2v) is 7.51. The number of carbonyl (C=O) groups is 2. The van der Waals surface area contributed by atoms with Crippen LogP contribution in [0.1, 0.15) is 5.56 Å². The summed E-state index contributed by atoms with van der Waals surface area (Å²) in [4.78, 5) is 24.7. The Morgan fingerprint density at radius 3 is 2.48 bits per heavy atom. The zero-order valence-electron chi connectivity index (χ0n) is 16.9. The first-order valence-electron chi connectivity index (χ1n) is 9.51. The Morgan fingerprint density at radius 1 is 1.00 bits per heavy atom. The van der Waals surface area contributed by atoms with Gasteiger partial charge in [0.1, 0.15) is 23.2 Å². The lowest BCUT2D eigenvalue weighted by molar-refractivity contribution is -0.118. The monoisotopic (exact) mass is 483 g/mol. The van der Waals surface area contributed by atoms with E-state index in [2.05, 4.69) is 10.6 Å². The molecular formula is C24H16Cl2FN3O3. The fourth-order valence-corrected chi connectivity index (χ4v) is 3.10. The van der Waals surface area contributed by atoms with Gasteiger partial charge in [0.15, 0.2) is 6.61 Å². The highest BCUT2D eigenvalue weighted by Gasteiger charge is 2.14. The summed E-state index contributed by atoms with van der Waals surface area (Å²) >= 11 is 12.0. The van der Waals surface area contributed by atoms with Crippen LogP contribution in [0.3, 0.4) is 0 Å². The molecule has 0 aliphatic rings. The molecule has 0 aliphatic heterocycles. The van der Waals surface area contributed by atoms with Crippen molar-refractivity contribution >= 4 is 52.5 Å². The average molecular weight is 484 g/mol. The molecule has 33 heavy (non-hydrogen) atoms. The predicted molar refractivity (Wildman–Crippen MR) is 126 cm³/mol. The van der Waals surface area contributed by atoms with E-state index in [1.807, 2.05) is 6.07 Å². The van der Waals surface area contributed by atoms with Crippen LogP contribution in [0.4, 0.5) is 15.8 Å². The van der Waals surface area contributed by atoms with Gasteiger partial charge in [0, 0.05) is 21.3 Å². The van der Waals surface area contributed by atoms with E-state index in [0.717, 1.165) is 0 Å². The van der Waals surface area contributed by atoms with Crippen LogP contribution < -0.4 is 15.4 Å². The molecule has 166 valence electrons. The van der Waals surface area contributed by atoms with E-state index < -0.39 is 24.2 Å². The van der Waals surface area contributed by atoms with Gasteiger partial charge < -0.3 is 15.4 Å². The van der Waals surface area contributed by atoms with E-state index in [1.54, 1.807) is 24.3 Å². The van der Waals surface area contributed by atoms with E-state index in [0.29, 0.717) is 21.3 Å². The smallest absolute Gasteiger partial charge is 0.266 e. The number of hydrogen-bond donors (Lipinski definition) is 2. The summed E-state index contributed by atoms with van der Waals surface area (Å²) < 4.78 is 19.2. The fraction of sp³-hybridized carbons (Fsp3) is 0.0417. The number of para-hydroxylation sites is 1. The number of hydrogen-bond acceptors (Lipinski definition) is 4. The van der Waals surface area contributed by atoms with Crippen LogP contribution in [0.15, 0.2) is 72.3 Å². The molecule has 2 N–H and O–H groups in total. The van der Waals surface area contributed by atoms with Gasteiger partial charge in [-0.1, -0.05) is 41.4 Å². The van der Waals surface area contributed by atoms with Gasteiger partial charge in [0.05, 0.1) is 5.69 Å². The van der Waals surface area contributed by atoms with Crippen LogP contribution in [0, 0.1) is 17.1 Å². The molecule has 0 aliphatic carbocycles. The number of amides is 2. The highest BCUT2D eigenvalue weighted by molar-refractivity contribution is 6.31. The van der Waals surface area contributed by atoms with Crippen LogP contribution in [-0.4, -0.2) is 18.4 Å². The lowest BCUT2D eigenvalue weighted by Gasteiger charge is -2.11. The number of nitrogens with zero attached hydrogens (tertiary/aromatic N) is 1. The number of benzene rings is 3. The highest BCUT2D eigenvalue weighted by Crippen LogP contribution is 2.26. The summed E-state index contributed by atoms with van der Waals surface area (Å²) in [5.74, 6) is -1.64. The van der Waals surface area contributed by atoms with Crippen molar-refractivity contribution in [1.29, 1.82) is 5.26 Å². The van der Waals surface area contributed by atoms with Gasteiger partial charge in [0.25, 0.3) is 11.8 Å². The molecule has 3 rings (SSSR count). The maximum Gasteiger partial charge on any atom is 0.266 e. The van der Waals surface area contributed by atoms with Crippen LogP contribution in [-0.2, 0) is 9.59 Å². The van der Waals surface area contributed by atoms with Crippen molar-refractivity contribution in [3.8, 4) is 11.8 Å². The Kier molecular flexibility index (Phi) is 8.03. The Labute approximate surface area is 199 Å². The highest BCUT2D eigenvalue weighted by atomic mass is 35.5. The Hall–Kier alpha value is -3.86. The first-order valence-corrected chi connectivity index (χ1v) is 10.3. The number of nitriles is 1. The standard InChI is InChI=1S/C24H16Cl2FN3O3/c25-17-4-3-5-19(12-17)29-24(32)16(13-28)10-15-11-18(26)8-9-22(15)33-14-23(31)30-21-7-2-1-6-20(21)27/h1-12H,14H2,(H,29,32)(H,30,31). The number of ether oxygens (including phenoxy) is 1. The van der Waals surface area contributed by atoms with E-state index in [1.165, 1.54) is 48.5 Å². The van der Waals surface area contributed by atoms with Crippen molar-refractivity contribution in [2.75, 3.05) is 17.2 Å². The largest absolute Gasteiger partial charge is 0.483 e. The zero-order chi connectivity index (χ0) is 23.8. The van der Waals surface area contributed by atoms with Gasteiger partial charge in [-0.05, 0) is 54.6 Å². The molecule has 0 unspecified atom stereocenters. The predicted octanol–water partition coefficient (Wildman–Crippen LogP) is 5.70. The minimum Gasteiger partial charge on any atom is -0.483 e. The van der Waals surface area contributed by atoms with E-state index >= 15 is 0 Å². The van der Waals surface area contributed by atoms with Crippen LogP contribution >= 0.6 is 23.2 Å². The molecule has 3 aromatic carbocycles. The molecule has 0 aromatic heterocycles. The Bertz CT molecular complexity index is 1270. The summed E-state index contributed by atoms with van der Waals surface area (Å²) in [6.45, 7) is -0.437. The number of rotatable bonds is 7. The molecule has 3 aromatic rings. The first-order chi connectivity index (χ1) is 15.9. The zero-order valence-corrected chi connectivity index (χ0v) is 18.5. The quantitative estimate of drug-likeness (QED) is 0.333. The molecule has 0 fully saturated rings. The molecule has 0 heterocycles. The van der Waals surface area contributed by atoms with Gasteiger partial charge >= 0.3 is 0 Å². The summed E-state index contributed by atoms with van der Waals surface area (Å²) in [6, 6.07) is 18.5. The van der Waals surface area contributed by atoms with E-state index in [4.69, 9.17) is 27.9 Å². The van der Waals surface area contributed by atoms with Crippen molar-refractivity contribution in [1.82, 2.24) is 0 Å². The normalized spacial score (nSPS) is 10.8. The molecule has 0 saturated heterocycles. The maximum atomic E-state index is 13.7. The summed E-state index contributed by atoms with van der Waals surface area (Å²) in [5, 5.41) is 15.2. The summed E-state index contributed by atoms with van der Waals surface area (Å²) in [7, 11) is 0. The minimum atomic E-state index is -0.664. The lowest BCUT2D eigenvalue weighted by Crippen LogP contribution is -2.21. The Balaban J connectivity index is 1.75. The molecule has 0 atom stereocenters. The van der Waals surface area contributed by atoms with Crippen molar-refractivity contribution in [2.45, 2.75) is 0 Å². The molecule has 9 heteroatoms. The first kappa shape index (κ1) is 23.8. The lowest BCUT2D eigenvalue weighted by atomic mass is 10.1. The third-order valence-corrected chi connectivity index (χ3v) is 4.70. The third-order valence-electron chi connectivity index (χ3n) is 4.23. The fourth-order valence-electron chi connectivity index (χ4n) is 2.72. The van der Waals surface area contributed by atoms with Crippen LogP contribution in [0.5, 0.6) is 5.75 Å². The van der Waals surface area contributed by atoms with Crippen LogP contribution in [0.25, 0.3) is 6.08 Å². The topological polar surface area (TPSA) is 91.2 Å². The van der Waals surface area contributed by atoms with Gasteiger partial charge in [-0.3, -0.25) is 9.59 Å². The molecule has 0 spiro atoms. The van der Waals surface area contributed by atoms with Gasteiger partial charge in [-0.25, -0.2) is 4.39 Å². The maximum absolute atomic E-state index is 13.7. The molecule has 6 nitrogen and oxygen atoms in total. The second-order valence-electron chi connectivity index (χ2n) is 6.63. The number of halogens is 3. The number of anilines is 2. The molecular weight excluding hydrogens is 468 g/mol. The molecule has 0 bridgehead atoms. The molecule has 2 amide bonds. The van der Waals surface area contributed by atoms with Gasteiger partial charge in [-0.15, -0.1) is 0 Å². The summed E-state index contributed by atoms with van der Waals surface area (Å²) in [5.41, 5.74) is 0.518. The number of carbonyl (C=O) groups excluding carboxylic acids is 2. The molecule has 0 saturated carbocycles. The van der Waals surface area contributed by atoms with E-state index in [-0.39, 0.29) is 17.0 Å². The van der Waals surface area contributed by atoms with Gasteiger partial charge in [-0.2, -0.15) is 5.26 Å². The summed E-state index contributed by atoms with van der Waals surface area (Å²) in [6.07, 6.45) is 1.29. The Morgan fingerprint density at radius 2 is 1.76 bits per heavy atom. The molecule has 0 radical (unpaired) electrons. The van der Waals surface area contributed by atoms with Crippen molar-refractivity contribution in [3.63, 3.8) is 0 Å². The number of nitrogens with one attached hydrogen (secondary N) is 2. The third kappa shape index (κ3) is 6.81. The van der Waals surface area contributed by atoms with E-state index in [9.17, 15) is 19.2 Å².